The van der Waals surface area contributed by atoms with Crippen molar-refractivity contribution in [2.75, 3.05) is 19.0 Å². The number of methoxy groups -OCH3 is 1. The van der Waals surface area contributed by atoms with Crippen LogP contribution in [0.1, 0.15) is 34.8 Å². The average Bonchev–Trinajstić information content (AvgIpc) is 3.70. The first-order valence-corrected chi connectivity index (χ1v) is 16.1. The number of nitrogens with one attached hydrogen (secondary N) is 1. The fraction of sp³-hybridized carbons (Fsp3) is 0.222. The minimum Gasteiger partial charge on any atom is -0.497 e. The summed E-state index contributed by atoms with van der Waals surface area (Å²) < 4.78 is 24.8. The number of benzene rings is 4. The Hall–Kier alpha value is -5.16. The third-order valence-corrected chi connectivity index (χ3v) is 9.16. The zero-order valence-electron chi connectivity index (χ0n) is 25.7. The predicted octanol–water partition coefficient (Wildman–Crippen LogP) is 7.08. The number of rotatable bonds is 9. The Morgan fingerprint density at radius 1 is 0.957 bits per heavy atom. The zero-order chi connectivity index (χ0) is 32.8. The Labute approximate surface area is 276 Å². The molecule has 2 aliphatic heterocycles. The van der Waals surface area contributed by atoms with E-state index in [1.165, 1.54) is 28.8 Å². The molecule has 11 heteroatoms. The van der Waals surface area contributed by atoms with Crippen molar-refractivity contribution >= 4 is 46.2 Å². The first kappa shape index (κ1) is 31.8. The van der Waals surface area contributed by atoms with Gasteiger partial charge in [-0.05, 0) is 72.0 Å². The number of thioether (sulfide) groups is 1. The van der Waals surface area contributed by atoms with Gasteiger partial charge in [0.15, 0.2) is 5.17 Å². The number of halogens is 1. The fourth-order valence-corrected chi connectivity index (χ4v) is 6.71. The molecular formula is C36H33FN4O5S. The summed E-state index contributed by atoms with van der Waals surface area (Å²) in [5, 5.41) is 2.76. The molecule has 0 radical (unpaired) electrons. The van der Waals surface area contributed by atoms with E-state index in [1.54, 1.807) is 48.4 Å². The van der Waals surface area contributed by atoms with Crippen molar-refractivity contribution < 1.29 is 28.2 Å². The van der Waals surface area contributed by atoms with E-state index in [4.69, 9.17) is 9.47 Å². The highest BCUT2D eigenvalue weighted by Gasteiger charge is 2.39. The molecule has 1 unspecified atom stereocenters. The third kappa shape index (κ3) is 7.63. The van der Waals surface area contributed by atoms with Crippen molar-refractivity contribution in [1.82, 2.24) is 9.80 Å². The summed E-state index contributed by atoms with van der Waals surface area (Å²) in [6, 6.07) is 29.2. The zero-order valence-corrected chi connectivity index (χ0v) is 26.5. The maximum atomic E-state index is 13.9. The van der Waals surface area contributed by atoms with Gasteiger partial charge < -0.3 is 14.8 Å². The van der Waals surface area contributed by atoms with Gasteiger partial charge in [0.2, 0.25) is 11.8 Å². The van der Waals surface area contributed by atoms with Crippen LogP contribution in [0.2, 0.25) is 0 Å². The molecule has 2 aliphatic rings. The van der Waals surface area contributed by atoms with E-state index >= 15 is 0 Å². The summed E-state index contributed by atoms with van der Waals surface area (Å²) in [6.07, 6.45) is 0.714. The Morgan fingerprint density at radius 2 is 1.72 bits per heavy atom. The molecule has 240 valence electrons. The molecule has 3 amide bonds. The number of amides is 3. The van der Waals surface area contributed by atoms with Crippen LogP contribution in [0.25, 0.3) is 0 Å². The third-order valence-electron chi connectivity index (χ3n) is 7.93. The Bertz CT molecular complexity index is 1790. The number of nitrogens with zero attached hydrogens (tertiary/aromatic N) is 3. The second-order valence-corrected chi connectivity index (χ2v) is 12.2. The number of hydrogen-bond donors (Lipinski definition) is 1. The minimum atomic E-state index is -0.642. The molecule has 6 rings (SSSR count). The highest BCUT2D eigenvalue weighted by atomic mass is 32.2. The van der Waals surface area contributed by atoms with Crippen molar-refractivity contribution in [1.29, 1.82) is 0 Å². The molecule has 2 heterocycles. The van der Waals surface area contributed by atoms with Gasteiger partial charge in [0.05, 0.1) is 19.3 Å². The highest BCUT2D eigenvalue weighted by molar-refractivity contribution is 8.15. The topological polar surface area (TPSA) is 101 Å². The maximum Gasteiger partial charge on any atom is 0.410 e. The number of amidine groups is 1. The standard InChI is InChI=1S/C36H33FN4O5S/c1-45-30-13-5-10-25(20-30)22-41-34(43)32(47-35(41)39-29-12-6-11-27(37)21-29)26-15-17-28(18-16-26)38-33(42)31-14-7-19-40(31)36(44)46-23-24-8-3-2-4-9-24/h2-6,8-13,15-18,20-21,31-32H,7,14,19,22-23H2,1H3,(H,38,42)/b39-35-/t31-,32?/m0/s1. The van der Waals surface area contributed by atoms with Gasteiger partial charge in [-0.25, -0.2) is 14.2 Å². The molecule has 0 spiro atoms. The summed E-state index contributed by atoms with van der Waals surface area (Å²) in [6.45, 7) is 0.834. The van der Waals surface area contributed by atoms with E-state index in [-0.39, 0.29) is 25.0 Å². The largest absolute Gasteiger partial charge is 0.497 e. The molecule has 0 aromatic heterocycles. The van der Waals surface area contributed by atoms with Crippen LogP contribution in [0.4, 0.5) is 20.6 Å². The van der Waals surface area contributed by atoms with Crippen LogP contribution in [-0.2, 0) is 27.5 Å². The fourth-order valence-electron chi connectivity index (χ4n) is 5.53. The van der Waals surface area contributed by atoms with Gasteiger partial charge in [-0.1, -0.05) is 72.4 Å². The van der Waals surface area contributed by atoms with Crippen LogP contribution in [0.5, 0.6) is 5.75 Å². The molecule has 0 bridgehead atoms. The molecular weight excluding hydrogens is 619 g/mol. The van der Waals surface area contributed by atoms with Crippen LogP contribution >= 0.6 is 11.8 Å². The lowest BCUT2D eigenvalue weighted by atomic mass is 10.1. The number of carbonyl (C=O) groups excluding carboxylic acids is 3. The van der Waals surface area contributed by atoms with Crippen LogP contribution in [-0.4, -0.2) is 52.6 Å². The molecule has 0 aliphatic carbocycles. The number of carbonyl (C=O) groups is 3. The Balaban J connectivity index is 1.14. The van der Waals surface area contributed by atoms with Crippen molar-refractivity contribution in [3.8, 4) is 5.75 Å². The quantitative estimate of drug-likeness (QED) is 0.208. The van der Waals surface area contributed by atoms with Crippen molar-refractivity contribution in [2.24, 2.45) is 4.99 Å². The summed E-state index contributed by atoms with van der Waals surface area (Å²) >= 11 is 1.28. The first-order chi connectivity index (χ1) is 22.9. The molecule has 9 nitrogen and oxygen atoms in total. The van der Waals surface area contributed by atoms with Crippen LogP contribution in [0.3, 0.4) is 0 Å². The smallest absolute Gasteiger partial charge is 0.410 e. The summed E-state index contributed by atoms with van der Waals surface area (Å²) in [5.41, 5.74) is 3.40. The number of likely N-dealkylation sites (tertiary alicyclic amines) is 1. The molecule has 0 saturated carbocycles. The van der Waals surface area contributed by atoms with Crippen LogP contribution in [0.15, 0.2) is 108 Å². The highest BCUT2D eigenvalue weighted by Crippen LogP contribution is 2.41. The number of hydrogen-bond acceptors (Lipinski definition) is 7. The van der Waals surface area contributed by atoms with E-state index < -0.39 is 23.2 Å². The average molecular weight is 653 g/mol. The lowest BCUT2D eigenvalue weighted by Crippen LogP contribution is -2.43. The predicted molar refractivity (Wildman–Crippen MR) is 179 cm³/mol. The van der Waals surface area contributed by atoms with E-state index in [0.29, 0.717) is 41.7 Å². The van der Waals surface area contributed by atoms with Gasteiger partial charge in [0.1, 0.15) is 29.5 Å². The van der Waals surface area contributed by atoms with Gasteiger partial charge >= 0.3 is 6.09 Å². The van der Waals surface area contributed by atoms with Gasteiger partial charge in [0, 0.05) is 12.2 Å². The minimum absolute atomic E-state index is 0.134. The lowest BCUT2D eigenvalue weighted by molar-refractivity contribution is -0.126. The SMILES string of the molecule is COc1cccc(CN2C(=O)C(c3ccc(NC(=O)[C@@H]4CCCN4C(=O)OCc4ccccc4)cc3)S/C2=N\c2cccc(F)c2)c1. The van der Waals surface area contributed by atoms with E-state index in [2.05, 4.69) is 10.3 Å². The number of anilines is 1. The van der Waals surface area contributed by atoms with Crippen molar-refractivity contribution in [2.45, 2.75) is 37.3 Å². The van der Waals surface area contributed by atoms with Crippen LogP contribution < -0.4 is 10.1 Å². The van der Waals surface area contributed by atoms with Crippen molar-refractivity contribution in [3.05, 3.63) is 126 Å². The van der Waals surface area contributed by atoms with Gasteiger partial charge in [-0.15, -0.1) is 0 Å². The summed E-state index contributed by atoms with van der Waals surface area (Å²) in [5.74, 6) is -0.212. The summed E-state index contributed by atoms with van der Waals surface area (Å²) in [7, 11) is 1.58. The van der Waals surface area contributed by atoms with Gasteiger partial charge in [0.25, 0.3) is 0 Å². The molecule has 1 N–H and O–H groups in total. The monoisotopic (exact) mass is 652 g/mol. The van der Waals surface area contributed by atoms with Crippen LogP contribution in [0, 0.1) is 5.82 Å². The number of aliphatic imine (C=N–C) groups is 1. The summed E-state index contributed by atoms with van der Waals surface area (Å²) in [4.78, 5) is 47.5. The van der Waals surface area contributed by atoms with Gasteiger partial charge in [-0.3, -0.25) is 19.4 Å². The van der Waals surface area contributed by atoms with Crippen molar-refractivity contribution in [3.63, 3.8) is 0 Å². The van der Waals surface area contributed by atoms with Gasteiger partial charge in [-0.2, -0.15) is 0 Å². The molecule has 2 fully saturated rings. The normalized spacial score (nSPS) is 18.4. The molecule has 4 aromatic rings. The van der Waals surface area contributed by atoms with E-state index in [0.717, 1.165) is 16.7 Å². The molecule has 47 heavy (non-hydrogen) atoms. The second kappa shape index (κ2) is 14.5. The Kier molecular flexibility index (Phi) is 9.82. The lowest BCUT2D eigenvalue weighted by Gasteiger charge is -2.23. The first-order valence-electron chi connectivity index (χ1n) is 15.2. The number of ether oxygens (including phenoxy) is 2. The maximum absolute atomic E-state index is 13.9. The van der Waals surface area contributed by atoms with E-state index in [1.807, 2.05) is 54.6 Å². The molecule has 4 aromatic carbocycles. The Morgan fingerprint density at radius 3 is 2.49 bits per heavy atom. The molecule has 2 atom stereocenters. The second-order valence-electron chi connectivity index (χ2n) is 11.2. The van der Waals surface area contributed by atoms with E-state index in [9.17, 15) is 18.8 Å². The molecule has 2 saturated heterocycles.